The summed E-state index contributed by atoms with van der Waals surface area (Å²) < 4.78 is 7.50. The average Bonchev–Trinajstić information content (AvgIpc) is 2.96. The van der Waals surface area contributed by atoms with Crippen molar-refractivity contribution < 1.29 is 14.3 Å². The molecular weight excluding hydrogens is 354 g/mol. The molecule has 2 fully saturated rings. The van der Waals surface area contributed by atoms with E-state index in [1.54, 1.807) is 4.90 Å². The predicted molar refractivity (Wildman–Crippen MR) is 107 cm³/mol. The third-order valence-electron chi connectivity index (χ3n) is 5.81. The van der Waals surface area contributed by atoms with Crippen molar-refractivity contribution in [1.82, 2.24) is 14.6 Å². The van der Waals surface area contributed by atoms with E-state index >= 15 is 0 Å². The van der Waals surface area contributed by atoms with Crippen LogP contribution in [0.4, 0.5) is 4.79 Å². The molecule has 0 spiro atoms. The molecule has 1 saturated carbocycles. The maximum absolute atomic E-state index is 12.9. The Morgan fingerprint density at radius 1 is 1.11 bits per heavy atom. The fourth-order valence-electron chi connectivity index (χ4n) is 4.25. The third kappa shape index (κ3) is 3.48. The Balaban J connectivity index is 1.36. The van der Waals surface area contributed by atoms with Gasteiger partial charge in [0.1, 0.15) is 5.60 Å². The number of ether oxygens (including phenoxy) is 1. The molecule has 0 unspecified atom stereocenters. The first kappa shape index (κ1) is 18.8. The molecule has 2 amide bonds. The molecule has 0 aromatic carbocycles. The molecule has 150 valence electrons. The van der Waals surface area contributed by atoms with Gasteiger partial charge in [0.15, 0.2) is 0 Å². The number of pyridine rings is 1. The Kier molecular flexibility index (Phi) is 4.21. The number of carbonyl (C=O) groups excluding carboxylic acids is 2. The van der Waals surface area contributed by atoms with Crippen LogP contribution in [0.1, 0.15) is 40.2 Å². The fourth-order valence-corrected chi connectivity index (χ4v) is 4.25. The minimum absolute atomic E-state index is 0.00464. The highest BCUT2D eigenvalue weighted by atomic mass is 16.6. The van der Waals surface area contributed by atoms with Gasteiger partial charge in [-0.1, -0.05) is 6.07 Å². The van der Waals surface area contributed by atoms with Crippen LogP contribution in [0.5, 0.6) is 0 Å². The molecule has 4 rings (SSSR count). The quantitative estimate of drug-likeness (QED) is 0.884. The highest BCUT2D eigenvalue weighted by molar-refractivity contribution is 5.84. The van der Waals surface area contributed by atoms with Gasteiger partial charge in [-0.3, -0.25) is 4.79 Å². The lowest BCUT2D eigenvalue weighted by molar-refractivity contribution is -0.125. The standard InChI is InChI=1S/C22H29N3O3/c1-21(2,3)28-20(27)25-12-16-17(13-25)18(16)19(26)23-22(4,5)14-10-15-8-6-7-9-24(15)11-14/h6-11,16-18H,12-13H2,1-5H3,(H,23,26)/t16-,17+,18+. The first-order chi connectivity index (χ1) is 13.0. The first-order valence-corrected chi connectivity index (χ1v) is 9.92. The summed E-state index contributed by atoms with van der Waals surface area (Å²) in [5.41, 5.74) is 1.24. The van der Waals surface area contributed by atoms with Gasteiger partial charge in [0.05, 0.1) is 5.54 Å². The third-order valence-corrected chi connectivity index (χ3v) is 5.81. The van der Waals surface area contributed by atoms with Crippen molar-refractivity contribution in [1.29, 1.82) is 0 Å². The number of hydrogen-bond acceptors (Lipinski definition) is 3. The summed E-state index contributed by atoms with van der Waals surface area (Å²) >= 11 is 0. The summed E-state index contributed by atoms with van der Waals surface area (Å²) in [5, 5.41) is 3.22. The van der Waals surface area contributed by atoms with E-state index in [1.165, 1.54) is 0 Å². The van der Waals surface area contributed by atoms with Gasteiger partial charge in [-0.25, -0.2) is 4.79 Å². The smallest absolute Gasteiger partial charge is 0.410 e. The second-order valence-corrected chi connectivity index (χ2v) is 9.61. The van der Waals surface area contributed by atoms with Crippen LogP contribution in [0.2, 0.25) is 0 Å². The van der Waals surface area contributed by atoms with Gasteiger partial charge in [-0.05, 0) is 70.2 Å². The van der Waals surface area contributed by atoms with Crippen LogP contribution < -0.4 is 5.32 Å². The van der Waals surface area contributed by atoms with Gasteiger partial charge in [0, 0.05) is 36.9 Å². The van der Waals surface area contributed by atoms with Crippen LogP contribution in [0, 0.1) is 17.8 Å². The molecule has 1 saturated heterocycles. The normalized spacial score (nSPS) is 24.2. The zero-order chi connectivity index (χ0) is 20.3. The van der Waals surface area contributed by atoms with E-state index in [0.29, 0.717) is 13.1 Å². The summed E-state index contributed by atoms with van der Waals surface area (Å²) in [6.07, 6.45) is 3.79. The van der Waals surface area contributed by atoms with Crippen molar-refractivity contribution in [2.75, 3.05) is 13.1 Å². The summed E-state index contributed by atoms with van der Waals surface area (Å²) in [7, 11) is 0. The zero-order valence-electron chi connectivity index (χ0n) is 17.2. The Bertz CT molecular complexity index is 879. The molecule has 2 aromatic heterocycles. The van der Waals surface area contributed by atoms with Gasteiger partial charge >= 0.3 is 6.09 Å². The van der Waals surface area contributed by atoms with Gasteiger partial charge in [0.25, 0.3) is 0 Å². The number of piperidine rings is 1. The highest BCUT2D eigenvalue weighted by Gasteiger charge is 2.61. The Morgan fingerprint density at radius 3 is 2.39 bits per heavy atom. The van der Waals surface area contributed by atoms with Crippen LogP contribution in [-0.4, -0.2) is 40.0 Å². The van der Waals surface area contributed by atoms with Gasteiger partial charge in [-0.15, -0.1) is 0 Å². The molecule has 3 atom stereocenters. The van der Waals surface area contributed by atoms with Crippen LogP contribution in [-0.2, 0) is 15.1 Å². The van der Waals surface area contributed by atoms with Crippen LogP contribution in [0.15, 0.2) is 36.7 Å². The summed E-state index contributed by atoms with van der Waals surface area (Å²) in [5.74, 6) is 0.571. The number of aromatic nitrogens is 1. The Hall–Kier alpha value is -2.50. The van der Waals surface area contributed by atoms with E-state index < -0.39 is 11.1 Å². The van der Waals surface area contributed by atoms with Crippen LogP contribution in [0.25, 0.3) is 5.52 Å². The molecular formula is C22H29N3O3. The molecule has 1 aliphatic heterocycles. The minimum atomic E-state index is -0.494. The number of hydrogen-bond donors (Lipinski definition) is 1. The summed E-state index contributed by atoms with van der Waals surface area (Å²) in [6, 6.07) is 8.16. The van der Waals surface area contributed by atoms with E-state index in [0.717, 1.165) is 11.1 Å². The molecule has 6 heteroatoms. The molecule has 1 aliphatic carbocycles. The lowest BCUT2D eigenvalue weighted by Gasteiger charge is -2.28. The number of amides is 2. The molecule has 28 heavy (non-hydrogen) atoms. The second-order valence-electron chi connectivity index (χ2n) is 9.61. The maximum atomic E-state index is 12.9. The van der Waals surface area contributed by atoms with Gasteiger partial charge in [-0.2, -0.15) is 0 Å². The lowest BCUT2D eigenvalue weighted by atomic mass is 9.96. The second kappa shape index (κ2) is 6.26. The van der Waals surface area contributed by atoms with E-state index in [4.69, 9.17) is 4.74 Å². The monoisotopic (exact) mass is 383 g/mol. The molecule has 0 bridgehead atoms. The molecule has 3 heterocycles. The van der Waals surface area contributed by atoms with Crippen LogP contribution in [0.3, 0.4) is 0 Å². The SMILES string of the molecule is CC(C)(C)OC(=O)N1C[C@@H]2[C@H](C1)[C@H]2C(=O)NC(C)(C)c1cc2ccccn2c1. The topological polar surface area (TPSA) is 63.0 Å². The summed E-state index contributed by atoms with van der Waals surface area (Å²) in [4.78, 5) is 26.8. The van der Waals surface area contributed by atoms with Crippen molar-refractivity contribution in [2.45, 2.75) is 45.8 Å². The lowest BCUT2D eigenvalue weighted by Crippen LogP contribution is -2.44. The average molecular weight is 383 g/mol. The predicted octanol–water partition coefficient (Wildman–Crippen LogP) is 3.40. The van der Waals surface area contributed by atoms with Crippen molar-refractivity contribution in [3.63, 3.8) is 0 Å². The number of likely N-dealkylation sites (tertiary alicyclic amines) is 1. The number of nitrogens with one attached hydrogen (secondary N) is 1. The zero-order valence-corrected chi connectivity index (χ0v) is 17.2. The van der Waals surface area contributed by atoms with E-state index in [-0.39, 0.29) is 29.8 Å². The minimum Gasteiger partial charge on any atom is -0.444 e. The van der Waals surface area contributed by atoms with E-state index in [2.05, 4.69) is 28.0 Å². The molecule has 1 N–H and O–H groups in total. The molecule has 2 aliphatic rings. The van der Waals surface area contributed by atoms with E-state index in [9.17, 15) is 9.59 Å². The van der Waals surface area contributed by atoms with Crippen molar-refractivity contribution in [3.8, 4) is 0 Å². The Labute approximate surface area is 165 Å². The van der Waals surface area contributed by atoms with Crippen LogP contribution >= 0.6 is 0 Å². The van der Waals surface area contributed by atoms with Gasteiger partial charge in [0.2, 0.25) is 5.91 Å². The van der Waals surface area contributed by atoms with Crippen molar-refractivity contribution in [2.24, 2.45) is 17.8 Å². The van der Waals surface area contributed by atoms with Gasteiger partial charge < -0.3 is 19.4 Å². The largest absolute Gasteiger partial charge is 0.444 e. The molecule has 2 aromatic rings. The number of rotatable bonds is 3. The first-order valence-electron chi connectivity index (χ1n) is 9.92. The van der Waals surface area contributed by atoms with Crippen molar-refractivity contribution in [3.05, 3.63) is 42.2 Å². The fraction of sp³-hybridized carbons (Fsp3) is 0.545. The van der Waals surface area contributed by atoms with E-state index in [1.807, 2.05) is 52.9 Å². The Morgan fingerprint density at radius 2 is 1.79 bits per heavy atom. The molecule has 6 nitrogen and oxygen atoms in total. The maximum Gasteiger partial charge on any atom is 0.410 e. The van der Waals surface area contributed by atoms with Crippen molar-refractivity contribution >= 4 is 17.5 Å². The number of carbonyl (C=O) groups is 2. The molecule has 0 radical (unpaired) electrons. The highest BCUT2D eigenvalue weighted by Crippen LogP contribution is 2.52. The number of nitrogens with zero attached hydrogens (tertiary/aromatic N) is 2. The number of fused-ring (bicyclic) bond motifs is 2. The summed E-state index contributed by atoms with van der Waals surface area (Å²) in [6.45, 7) is 10.9.